The van der Waals surface area contributed by atoms with E-state index in [0.29, 0.717) is 0 Å². The Hall–Kier alpha value is -2.15. The number of rotatable bonds is 3. The highest BCUT2D eigenvalue weighted by Gasteiger charge is 2.47. The van der Waals surface area contributed by atoms with Gasteiger partial charge in [-0.1, -0.05) is 54.6 Å². The summed E-state index contributed by atoms with van der Waals surface area (Å²) in [5.74, 6) is 0.276. The standard InChI is InChI=1S/C20H20O/c1-14-9-7-8-12-17(14)18-15(2)20(3,19(18)21)13-16-10-5-4-6-11-16/h4-12H,13H2,1-3H3. The van der Waals surface area contributed by atoms with Crippen molar-refractivity contribution in [3.63, 3.8) is 0 Å². The van der Waals surface area contributed by atoms with E-state index in [2.05, 4.69) is 39.0 Å². The highest BCUT2D eigenvalue weighted by atomic mass is 16.1. The first kappa shape index (κ1) is 13.8. The van der Waals surface area contributed by atoms with Gasteiger partial charge in [0.05, 0.1) is 5.41 Å². The first-order chi connectivity index (χ1) is 10.0. The molecule has 0 radical (unpaired) electrons. The van der Waals surface area contributed by atoms with Crippen molar-refractivity contribution in [3.05, 3.63) is 76.9 Å². The van der Waals surface area contributed by atoms with E-state index in [1.165, 1.54) is 16.7 Å². The third-order valence-electron chi connectivity index (χ3n) is 4.75. The molecule has 2 aromatic carbocycles. The Bertz CT molecular complexity index is 725. The number of aryl methyl sites for hydroxylation is 1. The molecule has 0 heterocycles. The second-order valence-corrected chi connectivity index (χ2v) is 6.14. The van der Waals surface area contributed by atoms with Crippen LogP contribution in [-0.2, 0) is 11.2 Å². The lowest BCUT2D eigenvalue weighted by Crippen LogP contribution is -2.42. The van der Waals surface area contributed by atoms with Crippen LogP contribution in [0.3, 0.4) is 0 Å². The predicted octanol–water partition coefficient (Wildman–Crippen LogP) is 4.60. The molecule has 0 saturated heterocycles. The predicted molar refractivity (Wildman–Crippen MR) is 87.0 cm³/mol. The van der Waals surface area contributed by atoms with Gasteiger partial charge in [0.25, 0.3) is 0 Å². The van der Waals surface area contributed by atoms with Crippen molar-refractivity contribution in [2.24, 2.45) is 5.41 Å². The van der Waals surface area contributed by atoms with Crippen molar-refractivity contribution < 1.29 is 4.79 Å². The number of Topliss-reactive ketones (excluding diaryl/α,β-unsaturated/α-hetero) is 1. The van der Waals surface area contributed by atoms with Crippen LogP contribution in [0.15, 0.2) is 60.2 Å². The van der Waals surface area contributed by atoms with Crippen molar-refractivity contribution in [3.8, 4) is 0 Å². The zero-order chi connectivity index (χ0) is 15.0. The van der Waals surface area contributed by atoms with Gasteiger partial charge in [0.2, 0.25) is 0 Å². The van der Waals surface area contributed by atoms with Gasteiger partial charge in [-0.2, -0.15) is 0 Å². The Morgan fingerprint density at radius 3 is 2.14 bits per heavy atom. The van der Waals surface area contributed by atoms with E-state index in [4.69, 9.17) is 0 Å². The normalized spacial score (nSPS) is 21.4. The minimum absolute atomic E-state index is 0.276. The van der Waals surface area contributed by atoms with Crippen molar-refractivity contribution in [2.45, 2.75) is 27.2 Å². The first-order valence-corrected chi connectivity index (χ1v) is 7.40. The number of allylic oxidation sites excluding steroid dienone is 2. The molecule has 1 atom stereocenters. The number of benzene rings is 2. The van der Waals surface area contributed by atoms with Crippen LogP contribution in [0.4, 0.5) is 0 Å². The molecule has 0 spiro atoms. The molecule has 0 fully saturated rings. The average molecular weight is 276 g/mol. The Kier molecular flexibility index (Phi) is 3.29. The van der Waals surface area contributed by atoms with Gasteiger partial charge in [-0.15, -0.1) is 0 Å². The fourth-order valence-electron chi connectivity index (χ4n) is 3.22. The van der Waals surface area contributed by atoms with E-state index in [1.54, 1.807) is 0 Å². The summed E-state index contributed by atoms with van der Waals surface area (Å²) in [6.45, 7) is 6.24. The van der Waals surface area contributed by atoms with Gasteiger partial charge in [-0.25, -0.2) is 0 Å². The monoisotopic (exact) mass is 276 g/mol. The minimum atomic E-state index is -0.348. The zero-order valence-corrected chi connectivity index (χ0v) is 12.8. The number of carbonyl (C=O) groups excluding carboxylic acids is 1. The molecular weight excluding hydrogens is 256 g/mol. The molecule has 0 amide bonds. The molecule has 1 aliphatic carbocycles. The quantitative estimate of drug-likeness (QED) is 0.800. The lowest BCUT2D eigenvalue weighted by Gasteiger charge is -2.41. The first-order valence-electron chi connectivity index (χ1n) is 7.40. The lowest BCUT2D eigenvalue weighted by atomic mass is 9.60. The molecule has 0 N–H and O–H groups in total. The van der Waals surface area contributed by atoms with Gasteiger partial charge < -0.3 is 0 Å². The zero-order valence-electron chi connectivity index (χ0n) is 12.8. The van der Waals surface area contributed by atoms with Crippen molar-refractivity contribution in [1.82, 2.24) is 0 Å². The van der Waals surface area contributed by atoms with Gasteiger partial charge in [0, 0.05) is 5.57 Å². The van der Waals surface area contributed by atoms with Crippen LogP contribution in [0.1, 0.15) is 30.5 Å². The fourth-order valence-corrected chi connectivity index (χ4v) is 3.22. The van der Waals surface area contributed by atoms with E-state index >= 15 is 0 Å². The van der Waals surface area contributed by atoms with Gasteiger partial charge >= 0.3 is 0 Å². The van der Waals surface area contributed by atoms with Gasteiger partial charge in [0.1, 0.15) is 0 Å². The summed E-state index contributed by atoms with van der Waals surface area (Å²) in [5.41, 5.74) is 5.26. The third-order valence-corrected chi connectivity index (χ3v) is 4.75. The van der Waals surface area contributed by atoms with E-state index in [1.807, 2.05) is 36.4 Å². The summed E-state index contributed by atoms with van der Waals surface area (Å²) < 4.78 is 0. The molecule has 0 bridgehead atoms. The summed E-state index contributed by atoms with van der Waals surface area (Å²) >= 11 is 0. The maximum Gasteiger partial charge on any atom is 0.173 e. The second kappa shape index (κ2) is 5.00. The maximum absolute atomic E-state index is 12.8. The summed E-state index contributed by atoms with van der Waals surface area (Å²) in [7, 11) is 0. The average Bonchev–Trinajstić information content (AvgIpc) is 2.50. The smallest absolute Gasteiger partial charge is 0.173 e. The van der Waals surface area contributed by atoms with Crippen molar-refractivity contribution >= 4 is 11.4 Å². The van der Waals surface area contributed by atoms with Crippen LogP contribution in [0.5, 0.6) is 0 Å². The van der Waals surface area contributed by atoms with Crippen molar-refractivity contribution in [2.75, 3.05) is 0 Å². The molecule has 0 aromatic heterocycles. The summed E-state index contributed by atoms with van der Waals surface area (Å²) in [4.78, 5) is 12.8. The molecule has 2 aromatic rings. The summed E-state index contributed by atoms with van der Waals surface area (Å²) in [6.07, 6.45) is 0.786. The van der Waals surface area contributed by atoms with Crippen LogP contribution < -0.4 is 0 Å². The maximum atomic E-state index is 12.8. The van der Waals surface area contributed by atoms with E-state index in [9.17, 15) is 4.79 Å². The molecular formula is C20H20O. The molecule has 1 nitrogen and oxygen atoms in total. The Balaban J connectivity index is 1.98. The Morgan fingerprint density at radius 1 is 0.905 bits per heavy atom. The van der Waals surface area contributed by atoms with Gasteiger partial charge in [-0.3, -0.25) is 4.79 Å². The molecule has 1 heteroatoms. The lowest BCUT2D eigenvalue weighted by molar-refractivity contribution is -0.122. The van der Waals surface area contributed by atoms with E-state index in [0.717, 1.165) is 17.6 Å². The Morgan fingerprint density at radius 2 is 1.52 bits per heavy atom. The number of hydrogen-bond donors (Lipinski definition) is 0. The number of hydrogen-bond acceptors (Lipinski definition) is 1. The number of ketones is 1. The molecule has 1 unspecified atom stereocenters. The molecule has 1 aliphatic rings. The summed E-state index contributed by atoms with van der Waals surface area (Å²) in [5, 5.41) is 0. The van der Waals surface area contributed by atoms with E-state index in [-0.39, 0.29) is 11.2 Å². The molecule has 0 aliphatic heterocycles. The highest BCUT2D eigenvalue weighted by Crippen LogP contribution is 2.49. The van der Waals surface area contributed by atoms with Gasteiger partial charge in [0.15, 0.2) is 5.78 Å². The molecule has 0 saturated carbocycles. The van der Waals surface area contributed by atoms with Crippen LogP contribution in [0.25, 0.3) is 5.57 Å². The summed E-state index contributed by atoms with van der Waals surface area (Å²) in [6, 6.07) is 18.4. The van der Waals surface area contributed by atoms with E-state index < -0.39 is 0 Å². The minimum Gasteiger partial charge on any atom is -0.293 e. The van der Waals surface area contributed by atoms with Crippen LogP contribution in [0.2, 0.25) is 0 Å². The largest absolute Gasteiger partial charge is 0.293 e. The SMILES string of the molecule is CC1=C(c2ccccc2C)C(=O)C1(C)Cc1ccccc1. The molecule has 21 heavy (non-hydrogen) atoms. The highest BCUT2D eigenvalue weighted by molar-refractivity contribution is 6.32. The van der Waals surface area contributed by atoms with Crippen LogP contribution >= 0.6 is 0 Å². The van der Waals surface area contributed by atoms with Crippen LogP contribution in [0, 0.1) is 12.3 Å². The third kappa shape index (κ3) is 2.13. The second-order valence-electron chi connectivity index (χ2n) is 6.14. The van der Waals surface area contributed by atoms with Gasteiger partial charge in [-0.05, 0) is 49.5 Å². The topological polar surface area (TPSA) is 17.1 Å². The fraction of sp³-hybridized carbons (Fsp3) is 0.250. The van der Waals surface area contributed by atoms with Crippen molar-refractivity contribution in [1.29, 1.82) is 0 Å². The number of carbonyl (C=O) groups is 1. The molecule has 106 valence electrons. The van der Waals surface area contributed by atoms with Crippen LogP contribution in [-0.4, -0.2) is 5.78 Å². The molecule has 3 rings (SSSR count). The Labute approximate surface area is 126 Å².